The van der Waals surface area contributed by atoms with Crippen molar-refractivity contribution in [3.63, 3.8) is 0 Å². The molecule has 3 nitrogen and oxygen atoms in total. The van der Waals surface area contributed by atoms with E-state index in [-0.39, 0.29) is 5.54 Å². The van der Waals surface area contributed by atoms with Gasteiger partial charge in [-0.1, -0.05) is 51.1 Å². The predicted octanol–water partition coefficient (Wildman–Crippen LogP) is 2.94. The molecule has 0 saturated heterocycles. The molecular weight excluding hydrogens is 260 g/mol. The monoisotopic (exact) mass is 292 g/mol. The van der Waals surface area contributed by atoms with Crippen LogP contribution in [0, 0.1) is 5.92 Å². The van der Waals surface area contributed by atoms with Crippen molar-refractivity contribution in [1.82, 2.24) is 4.90 Å². The van der Waals surface area contributed by atoms with E-state index < -0.39 is 0 Å². The van der Waals surface area contributed by atoms with Gasteiger partial charge in [-0.2, -0.15) is 0 Å². The van der Waals surface area contributed by atoms with Gasteiger partial charge in [-0.3, -0.25) is 4.90 Å². The van der Waals surface area contributed by atoms with Crippen molar-refractivity contribution in [3.05, 3.63) is 35.9 Å². The zero-order valence-electron chi connectivity index (χ0n) is 14.1. The van der Waals surface area contributed by atoms with Crippen LogP contribution in [0.1, 0.15) is 32.8 Å². The quantitative estimate of drug-likeness (QED) is 0.720. The minimum Gasteiger partial charge on any atom is -0.383 e. The third kappa shape index (κ3) is 5.42. The molecule has 3 heteroatoms. The lowest BCUT2D eigenvalue weighted by Gasteiger charge is -2.44. The van der Waals surface area contributed by atoms with Crippen molar-refractivity contribution in [2.45, 2.75) is 39.2 Å². The summed E-state index contributed by atoms with van der Waals surface area (Å²) in [5.74, 6) is 0.620. The lowest BCUT2D eigenvalue weighted by Crippen LogP contribution is -2.57. The Balaban J connectivity index is 2.96. The molecule has 1 unspecified atom stereocenters. The highest BCUT2D eigenvalue weighted by molar-refractivity contribution is 5.18. The molecule has 0 fully saturated rings. The minimum absolute atomic E-state index is 0.0180. The molecule has 0 aliphatic heterocycles. The van der Waals surface area contributed by atoms with Crippen molar-refractivity contribution < 1.29 is 4.74 Å². The second-order valence-electron chi connectivity index (χ2n) is 6.28. The van der Waals surface area contributed by atoms with E-state index in [4.69, 9.17) is 10.5 Å². The van der Waals surface area contributed by atoms with Crippen LogP contribution in [0.2, 0.25) is 0 Å². The molecule has 1 aromatic rings. The van der Waals surface area contributed by atoms with Gasteiger partial charge >= 0.3 is 0 Å². The summed E-state index contributed by atoms with van der Waals surface area (Å²) in [5.41, 5.74) is 7.61. The van der Waals surface area contributed by atoms with Crippen LogP contribution in [0.4, 0.5) is 0 Å². The molecule has 21 heavy (non-hydrogen) atoms. The Morgan fingerprint density at radius 1 is 1.24 bits per heavy atom. The van der Waals surface area contributed by atoms with E-state index in [1.807, 2.05) is 0 Å². The molecule has 0 aromatic heterocycles. The molecule has 0 heterocycles. The first-order valence-corrected chi connectivity index (χ1v) is 8.06. The van der Waals surface area contributed by atoms with Gasteiger partial charge in [-0.15, -0.1) is 0 Å². The Bertz CT molecular complexity index is 374. The second-order valence-corrected chi connectivity index (χ2v) is 6.28. The summed E-state index contributed by atoms with van der Waals surface area (Å²) in [7, 11) is 1.76. The number of ether oxygens (including phenoxy) is 1. The first-order valence-electron chi connectivity index (χ1n) is 8.06. The molecule has 0 amide bonds. The topological polar surface area (TPSA) is 38.5 Å². The van der Waals surface area contributed by atoms with Crippen LogP contribution >= 0.6 is 0 Å². The van der Waals surface area contributed by atoms with Gasteiger partial charge in [-0.25, -0.2) is 0 Å². The first-order chi connectivity index (χ1) is 10.1. The fourth-order valence-electron chi connectivity index (χ4n) is 2.95. The summed E-state index contributed by atoms with van der Waals surface area (Å²) in [5, 5.41) is 0. The van der Waals surface area contributed by atoms with Crippen LogP contribution in [0.5, 0.6) is 0 Å². The van der Waals surface area contributed by atoms with Gasteiger partial charge in [0, 0.05) is 32.3 Å². The zero-order valence-corrected chi connectivity index (χ0v) is 14.1. The normalized spacial score (nSPS) is 14.6. The van der Waals surface area contributed by atoms with Crippen LogP contribution < -0.4 is 5.73 Å². The molecular formula is C18H32N2O. The molecule has 0 spiro atoms. The molecule has 0 aliphatic carbocycles. The van der Waals surface area contributed by atoms with Crippen LogP contribution in [0.15, 0.2) is 30.3 Å². The van der Waals surface area contributed by atoms with Crippen LogP contribution in [-0.4, -0.2) is 43.8 Å². The highest BCUT2D eigenvalue weighted by Crippen LogP contribution is 2.25. The van der Waals surface area contributed by atoms with E-state index in [1.165, 1.54) is 5.56 Å². The number of hydrogen-bond acceptors (Lipinski definition) is 3. The summed E-state index contributed by atoms with van der Waals surface area (Å²) >= 11 is 0. The van der Waals surface area contributed by atoms with Crippen molar-refractivity contribution >= 4 is 0 Å². The van der Waals surface area contributed by atoms with Crippen molar-refractivity contribution in [2.75, 3.05) is 33.4 Å². The third-order valence-corrected chi connectivity index (χ3v) is 4.24. The van der Waals surface area contributed by atoms with Crippen LogP contribution in [-0.2, 0) is 11.2 Å². The largest absolute Gasteiger partial charge is 0.383 e. The highest BCUT2D eigenvalue weighted by atomic mass is 16.5. The SMILES string of the molecule is CCC(CN)(Cc1ccccc1)N(CCOC)CC(C)C. The fraction of sp³-hybridized carbons (Fsp3) is 0.667. The van der Waals surface area contributed by atoms with Crippen molar-refractivity contribution in [1.29, 1.82) is 0 Å². The molecule has 0 radical (unpaired) electrons. The Hall–Kier alpha value is -0.900. The number of nitrogens with zero attached hydrogens (tertiary/aromatic N) is 1. The third-order valence-electron chi connectivity index (χ3n) is 4.24. The summed E-state index contributed by atoms with van der Waals surface area (Å²) in [6.45, 7) is 10.2. The van der Waals surface area contributed by atoms with E-state index in [0.717, 1.165) is 32.5 Å². The summed E-state index contributed by atoms with van der Waals surface area (Å²) in [6, 6.07) is 10.7. The molecule has 120 valence electrons. The number of nitrogens with two attached hydrogens (primary N) is 1. The summed E-state index contributed by atoms with van der Waals surface area (Å²) in [6.07, 6.45) is 2.05. The van der Waals surface area contributed by atoms with Crippen LogP contribution in [0.3, 0.4) is 0 Å². The first kappa shape index (κ1) is 18.1. The van der Waals surface area contributed by atoms with E-state index in [9.17, 15) is 0 Å². The highest BCUT2D eigenvalue weighted by Gasteiger charge is 2.34. The second kappa shape index (κ2) is 9.19. The maximum absolute atomic E-state index is 6.23. The molecule has 1 rings (SSSR count). The fourth-order valence-corrected chi connectivity index (χ4v) is 2.95. The molecule has 1 aromatic carbocycles. The average Bonchev–Trinajstić information content (AvgIpc) is 2.50. The van der Waals surface area contributed by atoms with Gasteiger partial charge in [0.2, 0.25) is 0 Å². The lowest BCUT2D eigenvalue weighted by atomic mass is 9.85. The van der Waals surface area contributed by atoms with E-state index in [1.54, 1.807) is 7.11 Å². The Morgan fingerprint density at radius 3 is 2.38 bits per heavy atom. The van der Waals surface area contributed by atoms with E-state index in [0.29, 0.717) is 12.5 Å². The van der Waals surface area contributed by atoms with Gasteiger partial charge in [0.25, 0.3) is 0 Å². The number of methoxy groups -OCH3 is 1. The summed E-state index contributed by atoms with van der Waals surface area (Å²) in [4.78, 5) is 2.54. The van der Waals surface area contributed by atoms with Gasteiger partial charge in [0.1, 0.15) is 0 Å². The molecule has 1 atom stereocenters. The van der Waals surface area contributed by atoms with E-state index >= 15 is 0 Å². The van der Waals surface area contributed by atoms with Gasteiger partial charge in [0.05, 0.1) is 6.61 Å². The molecule has 0 saturated carbocycles. The van der Waals surface area contributed by atoms with Gasteiger partial charge in [0.15, 0.2) is 0 Å². The molecule has 0 aliphatic rings. The standard InChI is InChI=1S/C18H32N2O/c1-5-18(15-19,13-17-9-7-6-8-10-17)20(11-12-21-4)14-16(2)3/h6-10,16H,5,11-15,19H2,1-4H3. The maximum atomic E-state index is 6.23. The van der Waals surface area contributed by atoms with Crippen molar-refractivity contribution in [2.24, 2.45) is 11.7 Å². The zero-order chi connectivity index (χ0) is 15.7. The summed E-state index contributed by atoms with van der Waals surface area (Å²) < 4.78 is 5.31. The molecule has 0 bridgehead atoms. The number of rotatable bonds is 10. The smallest absolute Gasteiger partial charge is 0.0589 e. The Kier molecular flexibility index (Phi) is 7.94. The van der Waals surface area contributed by atoms with E-state index in [2.05, 4.69) is 56.0 Å². The maximum Gasteiger partial charge on any atom is 0.0589 e. The van der Waals surface area contributed by atoms with Crippen LogP contribution in [0.25, 0.3) is 0 Å². The van der Waals surface area contributed by atoms with Gasteiger partial charge < -0.3 is 10.5 Å². The number of hydrogen-bond donors (Lipinski definition) is 1. The van der Waals surface area contributed by atoms with Crippen molar-refractivity contribution in [3.8, 4) is 0 Å². The van der Waals surface area contributed by atoms with Gasteiger partial charge in [-0.05, 0) is 24.3 Å². The average molecular weight is 292 g/mol. The number of benzene rings is 1. The predicted molar refractivity (Wildman–Crippen MR) is 90.5 cm³/mol. The minimum atomic E-state index is 0.0180. The Morgan fingerprint density at radius 2 is 1.90 bits per heavy atom. The Labute approximate surface area is 130 Å². The molecule has 2 N–H and O–H groups in total. The lowest BCUT2D eigenvalue weighted by molar-refractivity contribution is 0.0466.